The molecule has 0 fully saturated rings. The summed E-state index contributed by atoms with van der Waals surface area (Å²) in [4.78, 5) is 20.5. The molecule has 0 spiro atoms. The van der Waals surface area contributed by atoms with E-state index >= 15 is 0 Å². The Morgan fingerprint density at radius 3 is 2.92 bits per heavy atom. The molecule has 12 heavy (non-hydrogen) atoms. The highest BCUT2D eigenvalue weighted by atomic mass is 16.1. The van der Waals surface area contributed by atoms with Crippen molar-refractivity contribution in [3.05, 3.63) is 23.3 Å². The van der Waals surface area contributed by atoms with Gasteiger partial charge in [-0.25, -0.2) is 0 Å². The molecule has 0 saturated heterocycles. The summed E-state index contributed by atoms with van der Waals surface area (Å²) in [6.07, 6.45) is 8.87. The van der Waals surface area contributed by atoms with Crippen molar-refractivity contribution in [2.45, 2.75) is 25.7 Å². The van der Waals surface area contributed by atoms with Crippen LogP contribution in [-0.2, 0) is 9.59 Å². The normalized spacial score (nSPS) is 16.3. The van der Waals surface area contributed by atoms with Crippen LogP contribution in [0, 0.1) is 0 Å². The zero-order chi connectivity index (χ0) is 8.81. The van der Waals surface area contributed by atoms with Gasteiger partial charge < -0.3 is 4.79 Å². The molecule has 0 N–H and O–H groups in total. The molecule has 0 unspecified atom stereocenters. The lowest BCUT2D eigenvalue weighted by atomic mass is 9.98. The van der Waals surface area contributed by atoms with Gasteiger partial charge in [-0.15, -0.1) is 0 Å². The molecule has 0 aromatic carbocycles. The molecule has 1 aliphatic carbocycles. The molecule has 0 saturated carbocycles. The Balaban J connectivity index is 2.53. The maximum absolute atomic E-state index is 10.4. The summed E-state index contributed by atoms with van der Waals surface area (Å²) in [5.41, 5.74) is 1.97. The molecular formula is C10H12O2. The molecule has 0 heterocycles. The van der Waals surface area contributed by atoms with Crippen molar-refractivity contribution in [2.75, 3.05) is 0 Å². The average Bonchev–Trinajstić information content (AvgIpc) is 2.15. The monoisotopic (exact) mass is 164 g/mol. The van der Waals surface area contributed by atoms with Gasteiger partial charge in [0.1, 0.15) is 12.6 Å². The molecule has 0 aliphatic heterocycles. The van der Waals surface area contributed by atoms with E-state index in [0.717, 1.165) is 43.0 Å². The van der Waals surface area contributed by atoms with Crippen LogP contribution < -0.4 is 0 Å². The second-order valence-corrected chi connectivity index (χ2v) is 2.86. The first-order chi connectivity index (χ1) is 5.86. The number of carbonyl (C=O) groups excluding carboxylic acids is 2. The van der Waals surface area contributed by atoms with Crippen molar-refractivity contribution >= 4 is 12.6 Å². The minimum absolute atomic E-state index is 0.550. The van der Waals surface area contributed by atoms with E-state index in [1.165, 1.54) is 0 Å². The fourth-order valence-corrected chi connectivity index (χ4v) is 1.29. The van der Waals surface area contributed by atoms with E-state index in [9.17, 15) is 9.59 Å². The highest BCUT2D eigenvalue weighted by Crippen LogP contribution is 2.18. The molecule has 0 aromatic heterocycles. The van der Waals surface area contributed by atoms with Crippen LogP contribution in [0.15, 0.2) is 23.3 Å². The van der Waals surface area contributed by atoms with Crippen LogP contribution in [0.25, 0.3) is 0 Å². The predicted molar refractivity (Wildman–Crippen MR) is 46.8 cm³/mol. The summed E-state index contributed by atoms with van der Waals surface area (Å²) < 4.78 is 0. The maximum atomic E-state index is 10.4. The van der Waals surface area contributed by atoms with E-state index in [1.54, 1.807) is 0 Å². The lowest BCUT2D eigenvalue weighted by Gasteiger charge is -2.07. The first-order valence-electron chi connectivity index (χ1n) is 4.15. The third-order valence-electron chi connectivity index (χ3n) is 1.91. The van der Waals surface area contributed by atoms with E-state index in [1.807, 2.05) is 6.08 Å². The zero-order valence-electron chi connectivity index (χ0n) is 6.95. The van der Waals surface area contributed by atoms with Gasteiger partial charge in [0, 0.05) is 6.42 Å². The van der Waals surface area contributed by atoms with Crippen molar-refractivity contribution in [1.29, 1.82) is 0 Å². The molecule has 0 bridgehead atoms. The van der Waals surface area contributed by atoms with Crippen LogP contribution in [0.4, 0.5) is 0 Å². The summed E-state index contributed by atoms with van der Waals surface area (Å²) in [6, 6.07) is 0. The molecule has 0 radical (unpaired) electrons. The lowest BCUT2D eigenvalue weighted by molar-refractivity contribution is -0.107. The summed E-state index contributed by atoms with van der Waals surface area (Å²) in [5, 5.41) is 0. The third-order valence-corrected chi connectivity index (χ3v) is 1.91. The van der Waals surface area contributed by atoms with Crippen molar-refractivity contribution in [3.8, 4) is 0 Å². The standard InChI is InChI=1S/C10H12O2/c11-6-2-5-9-3-1-4-10(7-9)8-12/h3,6-8H,1-2,4-5H2. The Labute approximate surface area is 72.0 Å². The van der Waals surface area contributed by atoms with Gasteiger partial charge in [-0.05, 0) is 24.8 Å². The highest BCUT2D eigenvalue weighted by Gasteiger charge is 2.03. The van der Waals surface area contributed by atoms with Gasteiger partial charge in [0.2, 0.25) is 0 Å². The molecule has 2 heteroatoms. The minimum Gasteiger partial charge on any atom is -0.303 e. The Morgan fingerprint density at radius 2 is 2.25 bits per heavy atom. The Kier molecular flexibility index (Phi) is 3.45. The predicted octanol–water partition coefficient (Wildman–Crippen LogP) is 1.81. The zero-order valence-corrected chi connectivity index (χ0v) is 6.95. The molecule has 0 amide bonds. The largest absolute Gasteiger partial charge is 0.303 e. The summed E-state index contributed by atoms with van der Waals surface area (Å²) in [6.45, 7) is 0. The Morgan fingerprint density at radius 1 is 1.42 bits per heavy atom. The summed E-state index contributed by atoms with van der Waals surface area (Å²) in [7, 11) is 0. The molecule has 0 atom stereocenters. The number of allylic oxidation sites excluding steroid dienone is 4. The fourth-order valence-electron chi connectivity index (χ4n) is 1.29. The average molecular weight is 164 g/mol. The first-order valence-corrected chi connectivity index (χ1v) is 4.15. The van der Waals surface area contributed by atoms with Gasteiger partial charge in [-0.1, -0.05) is 17.7 Å². The maximum Gasteiger partial charge on any atom is 0.146 e. The molecule has 64 valence electrons. The van der Waals surface area contributed by atoms with Gasteiger partial charge in [0.15, 0.2) is 0 Å². The van der Waals surface area contributed by atoms with Crippen molar-refractivity contribution in [1.82, 2.24) is 0 Å². The van der Waals surface area contributed by atoms with Crippen LogP contribution in [0.5, 0.6) is 0 Å². The van der Waals surface area contributed by atoms with E-state index in [4.69, 9.17) is 0 Å². The molecule has 2 nitrogen and oxygen atoms in total. The van der Waals surface area contributed by atoms with E-state index < -0.39 is 0 Å². The third kappa shape index (κ3) is 2.46. The van der Waals surface area contributed by atoms with Crippen LogP contribution in [0.1, 0.15) is 25.7 Å². The van der Waals surface area contributed by atoms with E-state index in [2.05, 4.69) is 6.08 Å². The minimum atomic E-state index is 0.550. The Hall–Kier alpha value is -1.18. The van der Waals surface area contributed by atoms with Crippen molar-refractivity contribution < 1.29 is 9.59 Å². The molecule has 1 aliphatic rings. The number of carbonyl (C=O) groups is 2. The van der Waals surface area contributed by atoms with Gasteiger partial charge in [-0.3, -0.25) is 4.79 Å². The van der Waals surface area contributed by atoms with E-state index in [-0.39, 0.29) is 0 Å². The quantitative estimate of drug-likeness (QED) is 0.594. The number of hydrogen-bond donors (Lipinski definition) is 0. The smallest absolute Gasteiger partial charge is 0.146 e. The van der Waals surface area contributed by atoms with Crippen LogP contribution >= 0.6 is 0 Å². The SMILES string of the molecule is O=CCCC1=CCCC(C=O)=C1. The lowest BCUT2D eigenvalue weighted by Crippen LogP contribution is -1.94. The first kappa shape index (κ1) is 8.91. The number of hydrogen-bond acceptors (Lipinski definition) is 2. The van der Waals surface area contributed by atoms with Crippen LogP contribution in [0.2, 0.25) is 0 Å². The molecular weight excluding hydrogens is 152 g/mol. The van der Waals surface area contributed by atoms with Crippen molar-refractivity contribution in [2.24, 2.45) is 0 Å². The fraction of sp³-hybridized carbons (Fsp3) is 0.400. The van der Waals surface area contributed by atoms with Gasteiger partial charge in [-0.2, -0.15) is 0 Å². The van der Waals surface area contributed by atoms with Crippen LogP contribution in [-0.4, -0.2) is 12.6 Å². The van der Waals surface area contributed by atoms with Gasteiger partial charge in [0.05, 0.1) is 0 Å². The molecule has 1 rings (SSSR count). The second-order valence-electron chi connectivity index (χ2n) is 2.86. The Bertz CT molecular complexity index is 236. The van der Waals surface area contributed by atoms with Gasteiger partial charge >= 0.3 is 0 Å². The van der Waals surface area contributed by atoms with Crippen LogP contribution in [0.3, 0.4) is 0 Å². The van der Waals surface area contributed by atoms with E-state index in [0.29, 0.717) is 6.42 Å². The van der Waals surface area contributed by atoms with Crippen molar-refractivity contribution in [3.63, 3.8) is 0 Å². The summed E-state index contributed by atoms with van der Waals surface area (Å²) in [5.74, 6) is 0. The number of aldehydes is 2. The van der Waals surface area contributed by atoms with Gasteiger partial charge in [0.25, 0.3) is 0 Å². The highest BCUT2D eigenvalue weighted by molar-refractivity contribution is 5.74. The number of rotatable bonds is 4. The topological polar surface area (TPSA) is 34.1 Å². The summed E-state index contributed by atoms with van der Waals surface area (Å²) >= 11 is 0. The second kappa shape index (κ2) is 4.65. The molecule has 0 aromatic rings.